The Balaban J connectivity index is 1.80. The van der Waals surface area contributed by atoms with Gasteiger partial charge < -0.3 is 9.80 Å². The van der Waals surface area contributed by atoms with E-state index in [0.717, 1.165) is 31.7 Å². The first kappa shape index (κ1) is 16.5. The second-order valence-corrected chi connectivity index (χ2v) is 6.66. The molecule has 2 aromatic carbocycles. The van der Waals surface area contributed by atoms with Gasteiger partial charge in [-0.1, -0.05) is 48.5 Å². The summed E-state index contributed by atoms with van der Waals surface area (Å²) in [4.78, 5) is 32.1. The smallest absolute Gasteiger partial charge is 0.282 e. The Morgan fingerprint density at radius 2 is 1.31 bits per heavy atom. The van der Waals surface area contributed by atoms with Gasteiger partial charge in [0.1, 0.15) is 5.70 Å². The zero-order chi connectivity index (χ0) is 18.1. The molecular weight excluding hydrogens is 326 g/mol. The molecule has 1 saturated heterocycles. The molecule has 2 aromatic rings. The third kappa shape index (κ3) is 2.80. The molecule has 0 saturated carbocycles. The molecule has 0 aliphatic carbocycles. The first-order chi connectivity index (χ1) is 12.7. The van der Waals surface area contributed by atoms with Crippen molar-refractivity contribution in [1.29, 1.82) is 0 Å². The minimum atomic E-state index is -0.249. The summed E-state index contributed by atoms with van der Waals surface area (Å²) >= 11 is 0. The van der Waals surface area contributed by atoms with Crippen LogP contribution in [0.1, 0.15) is 5.56 Å². The average molecular weight is 347 g/mol. The van der Waals surface area contributed by atoms with Gasteiger partial charge in [-0.3, -0.25) is 9.59 Å². The van der Waals surface area contributed by atoms with E-state index in [4.69, 9.17) is 0 Å². The third-order valence-corrected chi connectivity index (χ3v) is 4.96. The highest BCUT2D eigenvalue weighted by Gasteiger charge is 2.42. The molecule has 0 unspecified atom stereocenters. The van der Waals surface area contributed by atoms with E-state index >= 15 is 0 Å². The molecule has 2 heterocycles. The topological polar surface area (TPSA) is 43.9 Å². The van der Waals surface area contributed by atoms with Gasteiger partial charge in [0.05, 0.1) is 11.3 Å². The minimum Gasteiger partial charge on any atom is -0.364 e. The van der Waals surface area contributed by atoms with Crippen molar-refractivity contribution in [2.24, 2.45) is 0 Å². The van der Waals surface area contributed by atoms with Crippen LogP contribution in [0.4, 0.5) is 5.69 Å². The predicted molar refractivity (Wildman–Crippen MR) is 101 cm³/mol. The molecule has 0 aromatic heterocycles. The van der Waals surface area contributed by atoms with Gasteiger partial charge in [-0.25, -0.2) is 4.90 Å². The molecule has 0 bridgehead atoms. The number of hydrogen-bond donors (Lipinski definition) is 0. The summed E-state index contributed by atoms with van der Waals surface area (Å²) < 4.78 is 0. The number of carbonyl (C=O) groups is 2. The number of imide groups is 1. The standard InChI is InChI=1S/C21H21N3O2/c1-22-12-14-23(15-13-22)19-18(16-8-4-2-5-9-16)20(25)24(21(19)26)17-10-6-3-7-11-17/h2-11H,12-15H2,1H3. The van der Waals surface area contributed by atoms with E-state index in [1.54, 1.807) is 12.1 Å². The molecule has 5 nitrogen and oxygen atoms in total. The monoisotopic (exact) mass is 347 g/mol. The Morgan fingerprint density at radius 1 is 0.731 bits per heavy atom. The summed E-state index contributed by atoms with van der Waals surface area (Å²) in [6, 6.07) is 18.6. The molecule has 0 N–H and O–H groups in total. The summed E-state index contributed by atoms with van der Waals surface area (Å²) in [5, 5.41) is 0. The van der Waals surface area contributed by atoms with Crippen molar-refractivity contribution < 1.29 is 9.59 Å². The number of benzene rings is 2. The number of rotatable bonds is 3. The maximum Gasteiger partial charge on any atom is 0.282 e. The van der Waals surface area contributed by atoms with E-state index in [9.17, 15) is 9.59 Å². The van der Waals surface area contributed by atoms with Gasteiger partial charge in [0, 0.05) is 26.2 Å². The maximum atomic E-state index is 13.3. The zero-order valence-corrected chi connectivity index (χ0v) is 14.8. The number of likely N-dealkylation sites (N-methyl/N-ethyl adjacent to an activating group) is 1. The lowest BCUT2D eigenvalue weighted by Gasteiger charge is -2.34. The molecule has 2 aliphatic heterocycles. The normalized spacial score (nSPS) is 18.8. The number of carbonyl (C=O) groups excluding carboxylic acids is 2. The van der Waals surface area contributed by atoms with E-state index in [0.29, 0.717) is 17.0 Å². The number of piperazine rings is 1. The lowest BCUT2D eigenvalue weighted by atomic mass is 10.0. The van der Waals surface area contributed by atoms with E-state index in [-0.39, 0.29) is 11.8 Å². The van der Waals surface area contributed by atoms with E-state index < -0.39 is 0 Å². The minimum absolute atomic E-state index is 0.232. The summed E-state index contributed by atoms with van der Waals surface area (Å²) in [5.74, 6) is -0.481. The van der Waals surface area contributed by atoms with Crippen LogP contribution in [0.15, 0.2) is 66.4 Å². The van der Waals surface area contributed by atoms with Crippen LogP contribution in [0, 0.1) is 0 Å². The molecule has 5 heteroatoms. The van der Waals surface area contributed by atoms with Crippen molar-refractivity contribution in [3.05, 3.63) is 71.9 Å². The molecule has 0 atom stereocenters. The van der Waals surface area contributed by atoms with Crippen LogP contribution in [0.2, 0.25) is 0 Å². The van der Waals surface area contributed by atoms with Gasteiger partial charge >= 0.3 is 0 Å². The average Bonchev–Trinajstić information content (AvgIpc) is 2.94. The van der Waals surface area contributed by atoms with Crippen molar-refractivity contribution in [2.45, 2.75) is 0 Å². The highest BCUT2D eigenvalue weighted by molar-refractivity contribution is 6.45. The molecular formula is C21H21N3O2. The Labute approximate surface area is 153 Å². The Morgan fingerprint density at radius 3 is 1.92 bits per heavy atom. The van der Waals surface area contributed by atoms with Crippen LogP contribution in [0.3, 0.4) is 0 Å². The number of para-hydroxylation sites is 1. The SMILES string of the molecule is CN1CCN(C2=C(c3ccccc3)C(=O)N(c3ccccc3)C2=O)CC1. The number of hydrogen-bond acceptors (Lipinski definition) is 4. The summed E-state index contributed by atoms with van der Waals surface area (Å²) in [6.45, 7) is 3.23. The Hall–Kier alpha value is -2.92. The largest absolute Gasteiger partial charge is 0.364 e. The molecule has 26 heavy (non-hydrogen) atoms. The van der Waals surface area contributed by atoms with Crippen molar-refractivity contribution in [3.8, 4) is 0 Å². The lowest BCUT2D eigenvalue weighted by Crippen LogP contribution is -2.46. The van der Waals surface area contributed by atoms with Crippen LogP contribution in [-0.2, 0) is 9.59 Å². The van der Waals surface area contributed by atoms with Gasteiger partial charge in [-0.2, -0.15) is 0 Å². The van der Waals surface area contributed by atoms with E-state index in [2.05, 4.69) is 16.8 Å². The fourth-order valence-electron chi connectivity index (χ4n) is 3.52. The highest BCUT2D eigenvalue weighted by Crippen LogP contribution is 2.34. The summed E-state index contributed by atoms with van der Waals surface area (Å²) in [5.41, 5.74) is 2.43. The molecule has 2 aliphatic rings. The quantitative estimate of drug-likeness (QED) is 0.799. The van der Waals surface area contributed by atoms with Crippen LogP contribution in [0.25, 0.3) is 5.57 Å². The molecule has 0 spiro atoms. The Kier molecular flexibility index (Phi) is 4.31. The van der Waals surface area contributed by atoms with Gasteiger partial charge in [-0.15, -0.1) is 0 Å². The van der Waals surface area contributed by atoms with E-state index in [1.165, 1.54) is 4.90 Å². The first-order valence-corrected chi connectivity index (χ1v) is 8.84. The fourth-order valence-corrected chi connectivity index (χ4v) is 3.52. The van der Waals surface area contributed by atoms with Gasteiger partial charge in [0.25, 0.3) is 11.8 Å². The first-order valence-electron chi connectivity index (χ1n) is 8.84. The number of nitrogens with zero attached hydrogens (tertiary/aromatic N) is 3. The zero-order valence-electron chi connectivity index (χ0n) is 14.8. The van der Waals surface area contributed by atoms with Gasteiger partial charge in [0.15, 0.2) is 0 Å². The molecule has 2 amide bonds. The lowest BCUT2D eigenvalue weighted by molar-refractivity contribution is -0.120. The van der Waals surface area contributed by atoms with E-state index in [1.807, 2.05) is 48.5 Å². The second kappa shape index (κ2) is 6.77. The summed E-state index contributed by atoms with van der Waals surface area (Å²) in [7, 11) is 2.07. The van der Waals surface area contributed by atoms with Crippen LogP contribution in [-0.4, -0.2) is 54.8 Å². The van der Waals surface area contributed by atoms with Gasteiger partial charge in [-0.05, 0) is 24.7 Å². The summed E-state index contributed by atoms with van der Waals surface area (Å²) in [6.07, 6.45) is 0. The number of amides is 2. The molecule has 1 fully saturated rings. The highest BCUT2D eigenvalue weighted by atomic mass is 16.2. The molecule has 0 radical (unpaired) electrons. The van der Waals surface area contributed by atoms with Crippen LogP contribution in [0.5, 0.6) is 0 Å². The van der Waals surface area contributed by atoms with Crippen molar-refractivity contribution >= 4 is 23.1 Å². The maximum absolute atomic E-state index is 13.3. The molecule has 4 rings (SSSR count). The predicted octanol–water partition coefficient (Wildman–Crippen LogP) is 2.22. The number of anilines is 1. The second-order valence-electron chi connectivity index (χ2n) is 6.66. The molecule has 132 valence electrons. The van der Waals surface area contributed by atoms with Gasteiger partial charge in [0.2, 0.25) is 0 Å². The van der Waals surface area contributed by atoms with Crippen molar-refractivity contribution in [1.82, 2.24) is 9.80 Å². The Bertz CT molecular complexity index is 853. The van der Waals surface area contributed by atoms with Crippen LogP contribution >= 0.6 is 0 Å². The third-order valence-electron chi connectivity index (χ3n) is 4.96. The van der Waals surface area contributed by atoms with Crippen molar-refractivity contribution in [2.75, 3.05) is 38.1 Å². The fraction of sp³-hybridized carbons (Fsp3) is 0.238. The van der Waals surface area contributed by atoms with Crippen LogP contribution < -0.4 is 4.90 Å². The van der Waals surface area contributed by atoms with Crippen molar-refractivity contribution in [3.63, 3.8) is 0 Å².